The second kappa shape index (κ2) is 6.05. The molecular weight excluding hydrogens is 262 g/mol. The lowest BCUT2D eigenvalue weighted by molar-refractivity contribution is 0.164. The second-order valence-corrected chi connectivity index (χ2v) is 6.32. The summed E-state index contributed by atoms with van der Waals surface area (Å²) < 4.78 is 5.44. The highest BCUT2D eigenvalue weighted by Crippen LogP contribution is 2.31. The van der Waals surface area contributed by atoms with E-state index < -0.39 is 0 Å². The maximum Gasteiger partial charge on any atom is 0.123 e. The largest absolute Gasteiger partial charge is 0.496 e. The van der Waals surface area contributed by atoms with Gasteiger partial charge in [-0.1, -0.05) is 0 Å². The zero-order valence-corrected chi connectivity index (χ0v) is 12.8. The second-order valence-electron chi connectivity index (χ2n) is 6.32. The molecule has 2 unspecified atom stereocenters. The van der Waals surface area contributed by atoms with Crippen molar-refractivity contribution in [3.8, 4) is 11.8 Å². The van der Waals surface area contributed by atoms with Crippen LogP contribution < -0.4 is 10.1 Å². The monoisotopic (exact) mass is 285 g/mol. The third kappa shape index (κ3) is 3.04. The Morgan fingerprint density at radius 3 is 2.67 bits per heavy atom. The maximum atomic E-state index is 9.07. The number of nitriles is 1. The number of hydrogen-bond donors (Lipinski definition) is 1. The number of rotatable bonds is 4. The van der Waals surface area contributed by atoms with Gasteiger partial charge >= 0.3 is 0 Å². The lowest BCUT2D eigenvalue weighted by Crippen LogP contribution is -2.46. The Balaban J connectivity index is 1.72. The van der Waals surface area contributed by atoms with E-state index in [2.05, 4.69) is 23.3 Å². The van der Waals surface area contributed by atoms with E-state index in [1.165, 1.54) is 25.7 Å². The number of fused-ring (bicyclic) bond motifs is 2. The topological polar surface area (TPSA) is 48.3 Å². The van der Waals surface area contributed by atoms with Gasteiger partial charge in [-0.15, -0.1) is 0 Å². The quantitative estimate of drug-likeness (QED) is 0.922. The predicted octanol–water partition coefficient (Wildman–Crippen LogP) is 2.28. The fourth-order valence-electron chi connectivity index (χ4n) is 3.76. The summed E-state index contributed by atoms with van der Waals surface area (Å²) >= 11 is 0. The lowest BCUT2D eigenvalue weighted by atomic mass is 9.98. The van der Waals surface area contributed by atoms with Gasteiger partial charge in [-0.3, -0.25) is 4.90 Å². The molecule has 2 atom stereocenters. The highest BCUT2D eigenvalue weighted by atomic mass is 16.5. The van der Waals surface area contributed by atoms with Gasteiger partial charge in [0.2, 0.25) is 0 Å². The Morgan fingerprint density at radius 2 is 2.05 bits per heavy atom. The van der Waals surface area contributed by atoms with Gasteiger partial charge in [-0.25, -0.2) is 0 Å². The third-order valence-corrected chi connectivity index (χ3v) is 4.90. The molecule has 1 aromatic carbocycles. The number of piperidine rings is 1. The van der Waals surface area contributed by atoms with Gasteiger partial charge in [0.25, 0.3) is 0 Å². The molecule has 3 rings (SSSR count). The van der Waals surface area contributed by atoms with Crippen molar-refractivity contribution >= 4 is 0 Å². The van der Waals surface area contributed by atoms with E-state index in [0.29, 0.717) is 23.7 Å². The maximum absolute atomic E-state index is 9.07. The molecule has 2 aliphatic heterocycles. The van der Waals surface area contributed by atoms with Crippen molar-refractivity contribution in [2.24, 2.45) is 0 Å². The number of benzene rings is 1. The number of methoxy groups -OCH3 is 1. The van der Waals surface area contributed by atoms with Gasteiger partial charge in [0, 0.05) is 30.2 Å². The van der Waals surface area contributed by atoms with Crippen LogP contribution in [0.15, 0.2) is 18.2 Å². The molecule has 0 aliphatic carbocycles. The summed E-state index contributed by atoms with van der Waals surface area (Å²) in [5, 5.41) is 12.8. The van der Waals surface area contributed by atoms with Crippen molar-refractivity contribution in [2.75, 3.05) is 14.2 Å². The summed E-state index contributed by atoms with van der Waals surface area (Å²) in [6.07, 6.45) is 5.10. The Hall–Kier alpha value is -1.57. The highest BCUT2D eigenvalue weighted by Gasteiger charge is 2.35. The van der Waals surface area contributed by atoms with Crippen LogP contribution in [0.3, 0.4) is 0 Å². The van der Waals surface area contributed by atoms with Crippen molar-refractivity contribution in [1.29, 1.82) is 5.26 Å². The third-order valence-electron chi connectivity index (χ3n) is 4.90. The van der Waals surface area contributed by atoms with Crippen LogP contribution in [0.1, 0.15) is 36.8 Å². The molecule has 0 amide bonds. The number of nitrogens with one attached hydrogen (secondary N) is 1. The predicted molar refractivity (Wildman–Crippen MR) is 82.1 cm³/mol. The molecule has 0 spiro atoms. The number of nitrogens with zero attached hydrogens (tertiary/aromatic N) is 2. The van der Waals surface area contributed by atoms with E-state index in [9.17, 15) is 0 Å². The number of hydrogen-bond acceptors (Lipinski definition) is 4. The normalized spacial score (nSPS) is 27.6. The zero-order chi connectivity index (χ0) is 14.8. The van der Waals surface area contributed by atoms with Crippen molar-refractivity contribution in [3.63, 3.8) is 0 Å². The summed E-state index contributed by atoms with van der Waals surface area (Å²) in [6, 6.07) is 9.89. The van der Waals surface area contributed by atoms with Gasteiger partial charge in [0.15, 0.2) is 0 Å². The van der Waals surface area contributed by atoms with Crippen LogP contribution in [0.2, 0.25) is 0 Å². The minimum atomic E-state index is 0.624. The van der Waals surface area contributed by atoms with Gasteiger partial charge in [0.05, 0.1) is 18.7 Å². The molecule has 0 aromatic heterocycles. The zero-order valence-electron chi connectivity index (χ0n) is 12.8. The van der Waals surface area contributed by atoms with Crippen molar-refractivity contribution in [2.45, 2.75) is 50.4 Å². The Morgan fingerprint density at radius 1 is 1.33 bits per heavy atom. The Kier molecular flexibility index (Phi) is 4.14. The first-order chi connectivity index (χ1) is 10.2. The van der Waals surface area contributed by atoms with E-state index in [-0.39, 0.29) is 0 Å². The molecule has 2 fully saturated rings. The minimum Gasteiger partial charge on any atom is -0.496 e. The molecule has 2 heterocycles. The van der Waals surface area contributed by atoms with Gasteiger partial charge in [-0.2, -0.15) is 5.26 Å². The van der Waals surface area contributed by atoms with Crippen LogP contribution in [0.5, 0.6) is 5.75 Å². The van der Waals surface area contributed by atoms with Crippen LogP contribution >= 0.6 is 0 Å². The average Bonchev–Trinajstić information content (AvgIpc) is 2.85. The molecule has 4 heteroatoms. The fraction of sp³-hybridized carbons (Fsp3) is 0.588. The SMILES string of the molecule is COc1ccc(C#N)cc1CN(C)C1CC2CCC(C1)N2. The van der Waals surface area contributed by atoms with Crippen molar-refractivity contribution in [1.82, 2.24) is 10.2 Å². The van der Waals surface area contributed by atoms with Crippen LogP contribution in [0, 0.1) is 11.3 Å². The summed E-state index contributed by atoms with van der Waals surface area (Å²) in [5.41, 5.74) is 1.80. The van der Waals surface area contributed by atoms with Crippen molar-refractivity contribution < 1.29 is 4.74 Å². The Bertz CT molecular complexity index is 539. The Labute approximate surface area is 126 Å². The van der Waals surface area contributed by atoms with E-state index in [0.717, 1.165) is 17.9 Å². The molecule has 112 valence electrons. The molecule has 2 aliphatic rings. The first-order valence-electron chi connectivity index (χ1n) is 7.73. The smallest absolute Gasteiger partial charge is 0.123 e. The first-order valence-corrected chi connectivity index (χ1v) is 7.73. The molecule has 0 radical (unpaired) electrons. The van der Waals surface area contributed by atoms with Gasteiger partial charge in [0.1, 0.15) is 5.75 Å². The van der Waals surface area contributed by atoms with Gasteiger partial charge < -0.3 is 10.1 Å². The van der Waals surface area contributed by atoms with Crippen LogP contribution in [0.4, 0.5) is 0 Å². The van der Waals surface area contributed by atoms with E-state index in [1.54, 1.807) is 7.11 Å². The first kappa shape index (κ1) is 14.4. The minimum absolute atomic E-state index is 0.624. The molecule has 1 N–H and O–H groups in total. The van der Waals surface area contributed by atoms with Gasteiger partial charge in [-0.05, 0) is 50.9 Å². The molecule has 21 heavy (non-hydrogen) atoms. The van der Waals surface area contributed by atoms with Crippen molar-refractivity contribution in [3.05, 3.63) is 29.3 Å². The van der Waals surface area contributed by atoms with E-state index in [4.69, 9.17) is 10.00 Å². The fourth-order valence-corrected chi connectivity index (χ4v) is 3.76. The average molecular weight is 285 g/mol. The molecule has 1 aromatic rings. The summed E-state index contributed by atoms with van der Waals surface area (Å²) in [6.45, 7) is 0.836. The summed E-state index contributed by atoms with van der Waals surface area (Å²) in [5.74, 6) is 0.873. The molecular formula is C17H23N3O. The van der Waals surface area contributed by atoms with E-state index >= 15 is 0 Å². The summed E-state index contributed by atoms with van der Waals surface area (Å²) in [4.78, 5) is 2.42. The van der Waals surface area contributed by atoms with E-state index in [1.807, 2.05) is 18.2 Å². The number of ether oxygens (including phenoxy) is 1. The molecule has 2 saturated heterocycles. The van der Waals surface area contributed by atoms with Crippen LogP contribution in [0.25, 0.3) is 0 Å². The highest BCUT2D eigenvalue weighted by molar-refractivity contribution is 5.42. The molecule has 0 saturated carbocycles. The molecule has 4 nitrogen and oxygen atoms in total. The van der Waals surface area contributed by atoms with Crippen LogP contribution in [-0.4, -0.2) is 37.2 Å². The summed E-state index contributed by atoms with van der Waals surface area (Å²) in [7, 11) is 3.88. The van der Waals surface area contributed by atoms with Crippen LogP contribution in [-0.2, 0) is 6.54 Å². The molecule has 2 bridgehead atoms. The lowest BCUT2D eigenvalue weighted by Gasteiger charge is -2.35. The standard InChI is InChI=1S/C17H23N3O/c1-20(16-8-14-4-5-15(9-16)19-14)11-13-7-12(10-18)3-6-17(13)21-2/h3,6-7,14-16,19H,4-5,8-9,11H2,1-2H3.